The third-order valence-electron chi connectivity index (χ3n) is 4.29. The van der Waals surface area contributed by atoms with E-state index in [2.05, 4.69) is 12.2 Å². The number of hydrogen-bond acceptors (Lipinski definition) is 4. The van der Waals surface area contributed by atoms with Gasteiger partial charge in [0.15, 0.2) is 0 Å². The van der Waals surface area contributed by atoms with Gasteiger partial charge in [-0.05, 0) is 18.8 Å². The molecule has 2 rings (SSSR count). The maximum absolute atomic E-state index is 12.5. The molecule has 7 nitrogen and oxygen atoms in total. The molecule has 8 heteroatoms. The first-order valence-electron chi connectivity index (χ1n) is 7.61. The number of piperazine rings is 1. The molecule has 2 heterocycles. The molecule has 0 aromatic rings. The van der Waals surface area contributed by atoms with Crippen LogP contribution in [-0.2, 0) is 15.0 Å². The zero-order valence-corrected chi connectivity index (χ0v) is 13.7. The van der Waals surface area contributed by atoms with E-state index in [0.717, 1.165) is 25.9 Å². The summed E-state index contributed by atoms with van der Waals surface area (Å²) in [6, 6.07) is 0. The molecule has 0 aliphatic carbocycles. The second kappa shape index (κ2) is 7.04. The lowest BCUT2D eigenvalue weighted by Gasteiger charge is -2.33. The molecule has 1 N–H and O–H groups in total. The topological polar surface area (TPSA) is 73.0 Å². The molecule has 0 saturated carbocycles. The fourth-order valence-electron chi connectivity index (χ4n) is 2.70. The average molecular weight is 318 g/mol. The molecule has 0 atom stereocenters. The molecule has 1 amide bonds. The van der Waals surface area contributed by atoms with Crippen molar-refractivity contribution < 1.29 is 13.2 Å². The number of amides is 1. The number of hydrogen-bond donors (Lipinski definition) is 1. The zero-order chi connectivity index (χ0) is 15.5. The van der Waals surface area contributed by atoms with Crippen LogP contribution in [0.3, 0.4) is 0 Å². The van der Waals surface area contributed by atoms with E-state index in [1.807, 2.05) is 0 Å². The lowest BCUT2D eigenvalue weighted by Crippen LogP contribution is -2.52. The maximum Gasteiger partial charge on any atom is 0.282 e. The average Bonchev–Trinajstić information content (AvgIpc) is 2.48. The highest BCUT2D eigenvalue weighted by Crippen LogP contribution is 2.20. The number of nitrogens with zero attached hydrogens (tertiary/aromatic N) is 3. The van der Waals surface area contributed by atoms with Gasteiger partial charge in [0.2, 0.25) is 5.91 Å². The second-order valence-corrected chi connectivity index (χ2v) is 8.01. The van der Waals surface area contributed by atoms with Crippen LogP contribution in [0.4, 0.5) is 0 Å². The smallest absolute Gasteiger partial charge is 0.282 e. The standard InChI is InChI=1S/C13H26N4O3S/c1-12-3-7-17(8-4-12)21(19,20)15(2)11-13(18)16-9-5-14-6-10-16/h12,14H,3-11H2,1-2H3. The first-order valence-corrected chi connectivity index (χ1v) is 9.01. The molecule has 122 valence electrons. The van der Waals surface area contributed by atoms with Gasteiger partial charge in [-0.2, -0.15) is 17.0 Å². The fourth-order valence-corrected chi connectivity index (χ4v) is 4.04. The summed E-state index contributed by atoms with van der Waals surface area (Å²) in [7, 11) is -2.02. The molecule has 0 bridgehead atoms. The van der Waals surface area contributed by atoms with E-state index in [0.29, 0.717) is 32.1 Å². The minimum absolute atomic E-state index is 0.0750. The third kappa shape index (κ3) is 4.15. The van der Waals surface area contributed by atoms with Crippen LogP contribution in [-0.4, -0.2) is 80.7 Å². The molecule has 2 fully saturated rings. The molecule has 0 radical (unpaired) electrons. The summed E-state index contributed by atoms with van der Waals surface area (Å²) in [5, 5.41) is 3.17. The van der Waals surface area contributed by atoms with Crippen molar-refractivity contribution in [3.8, 4) is 0 Å². The summed E-state index contributed by atoms with van der Waals surface area (Å²) in [4.78, 5) is 13.9. The van der Waals surface area contributed by atoms with Crippen molar-refractivity contribution in [2.75, 3.05) is 52.9 Å². The highest BCUT2D eigenvalue weighted by molar-refractivity contribution is 7.86. The zero-order valence-electron chi connectivity index (χ0n) is 12.9. The van der Waals surface area contributed by atoms with E-state index < -0.39 is 10.2 Å². The van der Waals surface area contributed by atoms with E-state index in [1.54, 1.807) is 4.90 Å². The molecule has 2 aliphatic heterocycles. The van der Waals surface area contributed by atoms with Gasteiger partial charge >= 0.3 is 0 Å². The van der Waals surface area contributed by atoms with Crippen molar-refractivity contribution in [3.05, 3.63) is 0 Å². The van der Waals surface area contributed by atoms with Crippen LogP contribution in [0.5, 0.6) is 0 Å². The highest BCUT2D eigenvalue weighted by atomic mass is 32.2. The number of carbonyl (C=O) groups is 1. The molecule has 0 aromatic carbocycles. The van der Waals surface area contributed by atoms with Gasteiger partial charge in [0.05, 0.1) is 6.54 Å². The van der Waals surface area contributed by atoms with Crippen molar-refractivity contribution in [2.45, 2.75) is 19.8 Å². The van der Waals surface area contributed by atoms with Crippen molar-refractivity contribution in [3.63, 3.8) is 0 Å². The lowest BCUT2D eigenvalue weighted by atomic mass is 10.0. The Bertz CT molecular complexity index is 454. The molecule has 2 saturated heterocycles. The molecule has 0 spiro atoms. The molecule has 2 aliphatic rings. The molecule has 21 heavy (non-hydrogen) atoms. The predicted molar refractivity (Wildman–Crippen MR) is 81.0 cm³/mol. The number of piperidine rings is 1. The minimum atomic E-state index is -3.52. The van der Waals surface area contributed by atoms with Crippen LogP contribution in [0.2, 0.25) is 0 Å². The van der Waals surface area contributed by atoms with Crippen LogP contribution in [0.15, 0.2) is 0 Å². The summed E-state index contributed by atoms with van der Waals surface area (Å²) in [5.41, 5.74) is 0. The van der Waals surface area contributed by atoms with E-state index in [4.69, 9.17) is 0 Å². The Morgan fingerprint density at radius 1 is 1.19 bits per heavy atom. The van der Waals surface area contributed by atoms with Crippen LogP contribution in [0, 0.1) is 5.92 Å². The number of carbonyl (C=O) groups excluding carboxylic acids is 1. The van der Waals surface area contributed by atoms with Crippen molar-refractivity contribution in [1.29, 1.82) is 0 Å². The molecule has 0 aromatic heterocycles. The largest absolute Gasteiger partial charge is 0.339 e. The molecular weight excluding hydrogens is 292 g/mol. The third-order valence-corrected chi connectivity index (χ3v) is 6.22. The van der Waals surface area contributed by atoms with Crippen LogP contribution >= 0.6 is 0 Å². The summed E-state index contributed by atoms with van der Waals surface area (Å²) in [5.74, 6) is 0.456. The van der Waals surface area contributed by atoms with E-state index in [-0.39, 0.29) is 12.5 Å². The van der Waals surface area contributed by atoms with Crippen LogP contribution in [0.25, 0.3) is 0 Å². The Balaban J connectivity index is 1.91. The normalized spacial score (nSPS) is 22.7. The van der Waals surface area contributed by atoms with Crippen molar-refractivity contribution in [1.82, 2.24) is 18.8 Å². The summed E-state index contributed by atoms with van der Waals surface area (Å²) >= 11 is 0. The fraction of sp³-hybridized carbons (Fsp3) is 0.923. The number of nitrogens with one attached hydrogen (secondary N) is 1. The van der Waals surface area contributed by atoms with Gasteiger partial charge in [0, 0.05) is 46.3 Å². The maximum atomic E-state index is 12.5. The van der Waals surface area contributed by atoms with Crippen LogP contribution in [0.1, 0.15) is 19.8 Å². The second-order valence-electron chi connectivity index (χ2n) is 5.98. The Hall–Kier alpha value is -0.700. The lowest BCUT2D eigenvalue weighted by molar-refractivity contribution is -0.131. The number of likely N-dealkylation sites (N-methyl/N-ethyl adjacent to an activating group) is 1. The van der Waals surface area contributed by atoms with Gasteiger partial charge in [-0.25, -0.2) is 0 Å². The van der Waals surface area contributed by atoms with E-state index >= 15 is 0 Å². The Morgan fingerprint density at radius 2 is 1.76 bits per heavy atom. The quantitative estimate of drug-likeness (QED) is 0.746. The van der Waals surface area contributed by atoms with Crippen LogP contribution < -0.4 is 5.32 Å². The van der Waals surface area contributed by atoms with E-state index in [1.165, 1.54) is 15.7 Å². The van der Waals surface area contributed by atoms with Gasteiger partial charge in [0.1, 0.15) is 0 Å². The Labute approximate surface area is 127 Å². The number of rotatable bonds is 4. The minimum Gasteiger partial charge on any atom is -0.339 e. The SMILES string of the molecule is CC1CCN(S(=O)(=O)N(C)CC(=O)N2CCNCC2)CC1. The summed E-state index contributed by atoms with van der Waals surface area (Å²) in [6.07, 6.45) is 1.78. The molecular formula is C13H26N4O3S. The van der Waals surface area contributed by atoms with Gasteiger partial charge < -0.3 is 10.2 Å². The monoisotopic (exact) mass is 318 g/mol. The van der Waals surface area contributed by atoms with E-state index in [9.17, 15) is 13.2 Å². The van der Waals surface area contributed by atoms with Gasteiger partial charge in [-0.1, -0.05) is 6.92 Å². The van der Waals surface area contributed by atoms with Gasteiger partial charge in [-0.15, -0.1) is 0 Å². The first-order chi connectivity index (χ1) is 9.91. The van der Waals surface area contributed by atoms with Gasteiger partial charge in [-0.3, -0.25) is 4.79 Å². The Morgan fingerprint density at radius 3 is 2.33 bits per heavy atom. The summed E-state index contributed by atoms with van der Waals surface area (Å²) < 4.78 is 27.6. The Kier molecular flexibility index (Phi) is 5.59. The first kappa shape index (κ1) is 16.7. The van der Waals surface area contributed by atoms with Crippen molar-refractivity contribution >= 4 is 16.1 Å². The van der Waals surface area contributed by atoms with Crippen molar-refractivity contribution in [2.24, 2.45) is 5.92 Å². The summed E-state index contributed by atoms with van der Waals surface area (Å²) in [6.45, 7) is 6.00. The van der Waals surface area contributed by atoms with Gasteiger partial charge in [0.25, 0.3) is 10.2 Å². The predicted octanol–water partition coefficient (Wildman–Crippen LogP) is -0.673. The highest BCUT2D eigenvalue weighted by Gasteiger charge is 2.31. The molecule has 0 unspecified atom stereocenters.